The Bertz CT molecular complexity index is 1510. The number of hydrogen-bond acceptors (Lipinski definition) is 5. The molecule has 3 N–H and O–H groups in total. The largest absolute Gasteiger partial charge is 0.401 e. The first-order valence-corrected chi connectivity index (χ1v) is 18.9. The number of nitrogens with two attached hydrogens (primary N) is 1. The van der Waals surface area contributed by atoms with Crippen molar-refractivity contribution in [1.82, 2.24) is 0 Å². The quantitative estimate of drug-likeness (QED) is 0.0788. The molecule has 9 heteroatoms. The second-order valence-electron chi connectivity index (χ2n) is 13.4. The fraction of sp³-hybridized carbons (Fsp3) is 0.486. The molecule has 1 aliphatic rings. The number of anilines is 1. The molecule has 3 rings (SSSR count). The van der Waals surface area contributed by atoms with Crippen LogP contribution in [0, 0.1) is 5.92 Å². The van der Waals surface area contributed by atoms with Crippen molar-refractivity contribution in [2.45, 2.75) is 96.3 Å². The van der Waals surface area contributed by atoms with E-state index in [1.165, 1.54) is 11.9 Å². The molecule has 0 saturated heterocycles. The number of Topliss-reactive ketones (excluding diaryl/α,β-unsaturated/α-hetero) is 1. The number of hydrogen-bond donors (Lipinski definition) is 2. The summed E-state index contributed by atoms with van der Waals surface area (Å²) in [5, 5.41) is 2.21. The van der Waals surface area contributed by atoms with Gasteiger partial charge in [0.15, 0.2) is 11.1 Å². The first kappa shape index (κ1) is 37.6. The highest BCUT2D eigenvalue weighted by Crippen LogP contribution is 2.48. The number of carbonyl (C=O) groups is 1. The number of ketones is 1. The second kappa shape index (κ2) is 16.8. The van der Waals surface area contributed by atoms with Crippen molar-refractivity contribution in [3.05, 3.63) is 83.6 Å². The van der Waals surface area contributed by atoms with Gasteiger partial charge in [0.25, 0.3) is 0 Å². The van der Waals surface area contributed by atoms with Gasteiger partial charge in [-0.25, -0.2) is 8.42 Å². The van der Waals surface area contributed by atoms with E-state index in [9.17, 15) is 17.8 Å². The zero-order valence-corrected chi connectivity index (χ0v) is 30.4. The number of fused-ring (bicyclic) bond motifs is 1. The molecule has 0 spiro atoms. The Balaban J connectivity index is 1.79. The summed E-state index contributed by atoms with van der Waals surface area (Å²) in [5.74, 6) is 1.00. The molecule has 0 bridgehead atoms. The summed E-state index contributed by atoms with van der Waals surface area (Å²) in [7, 11) is 0. The number of unbranched alkanes of at least 4 members (excludes halogenated alkanes) is 2. The minimum atomic E-state index is -2.05. The van der Waals surface area contributed by atoms with Gasteiger partial charge in [-0.1, -0.05) is 72.3 Å². The van der Waals surface area contributed by atoms with Crippen LogP contribution < -0.4 is 14.4 Å². The van der Waals surface area contributed by atoms with Gasteiger partial charge in [0.05, 0.1) is 11.4 Å². The van der Waals surface area contributed by atoms with E-state index in [0.717, 1.165) is 61.3 Å². The standard InChI is InChI=1S/C37H52N2O5S2/c1-9-38-32-21-19-28(44-45(8)41)25-30(32)36(4,5)23-15-11-10-14-18-35-37(6,7)31-26-29(46(42)43)20-22-33(31)39(35)24-16-12-13-17-34(40)27(2)3/h10-11,14-15,18-22,25-27,38H,9,12-13,16-17,23-24H2,1-8H3,(H,42,43)/p+1/b14-10+,15-11+,35-18+. The number of rotatable bonds is 17. The lowest BCUT2D eigenvalue weighted by Gasteiger charge is -2.27. The minimum absolute atomic E-state index is 0.0793. The van der Waals surface area contributed by atoms with Crippen molar-refractivity contribution >= 4 is 39.3 Å². The van der Waals surface area contributed by atoms with E-state index >= 15 is 0 Å². The highest BCUT2D eigenvalue weighted by atomic mass is 32.2. The molecule has 0 saturated carbocycles. The fourth-order valence-electron chi connectivity index (χ4n) is 6.01. The molecule has 46 heavy (non-hydrogen) atoms. The van der Waals surface area contributed by atoms with Crippen molar-refractivity contribution < 1.29 is 27.3 Å². The van der Waals surface area contributed by atoms with E-state index in [4.69, 9.17) is 4.18 Å². The van der Waals surface area contributed by atoms with Gasteiger partial charge in [-0.05, 0) is 73.6 Å². The Morgan fingerprint density at radius 1 is 1.07 bits per heavy atom. The summed E-state index contributed by atoms with van der Waals surface area (Å²) in [5.41, 5.74) is 5.04. The third-order valence-corrected chi connectivity index (χ3v) is 9.73. The molecule has 0 aromatic heterocycles. The number of allylic oxidation sites excluding steroid dienone is 6. The highest BCUT2D eigenvalue weighted by Gasteiger charge is 2.40. The molecule has 0 radical (unpaired) electrons. The molecule has 7 nitrogen and oxygen atoms in total. The number of nitrogens with zero attached hydrogens (tertiary/aromatic N) is 1. The van der Waals surface area contributed by atoms with Gasteiger partial charge < -0.3 is 19.0 Å². The number of quaternary nitrogens is 1. The van der Waals surface area contributed by atoms with Crippen LogP contribution in [0.25, 0.3) is 0 Å². The van der Waals surface area contributed by atoms with E-state index in [2.05, 4.69) is 69.1 Å². The van der Waals surface area contributed by atoms with Crippen LogP contribution in [0.4, 0.5) is 11.4 Å². The Morgan fingerprint density at radius 3 is 2.46 bits per heavy atom. The maximum absolute atomic E-state index is 12.1. The Morgan fingerprint density at radius 2 is 1.80 bits per heavy atom. The van der Waals surface area contributed by atoms with Crippen LogP contribution in [0.15, 0.2) is 77.4 Å². The minimum Gasteiger partial charge on any atom is -0.401 e. The SMILES string of the molecule is CC[NH2+]c1ccc(OS(C)=O)cc1C(C)(C)C/C=C/C=C/C=C1/N(CCCCCC(=O)C(C)C)c2ccc(S(=O)O)cc2C1(C)C. The van der Waals surface area contributed by atoms with Crippen LogP contribution in [-0.2, 0) is 37.8 Å². The molecular weight excluding hydrogens is 617 g/mol. The summed E-state index contributed by atoms with van der Waals surface area (Å²) < 4.78 is 38.8. The van der Waals surface area contributed by atoms with Gasteiger partial charge in [-0.15, -0.1) is 0 Å². The zero-order valence-electron chi connectivity index (χ0n) is 28.8. The third-order valence-electron chi connectivity index (χ3n) is 8.65. The van der Waals surface area contributed by atoms with E-state index in [1.807, 2.05) is 50.3 Å². The van der Waals surface area contributed by atoms with Crippen LogP contribution in [-0.4, -0.2) is 38.1 Å². The van der Waals surface area contributed by atoms with E-state index in [1.54, 1.807) is 6.07 Å². The van der Waals surface area contributed by atoms with E-state index in [-0.39, 0.29) is 16.7 Å². The number of benzene rings is 2. The lowest BCUT2D eigenvalue weighted by atomic mass is 9.80. The Hall–Kier alpha value is -2.85. The van der Waals surface area contributed by atoms with E-state index < -0.39 is 22.2 Å². The fourth-order valence-corrected chi connectivity index (χ4v) is 6.79. The molecular formula is C37H53N2O5S2+. The summed E-state index contributed by atoms with van der Waals surface area (Å²) in [6, 6.07) is 11.5. The van der Waals surface area contributed by atoms with Crippen molar-refractivity contribution in [2.75, 3.05) is 24.2 Å². The van der Waals surface area contributed by atoms with Crippen LogP contribution in [0.1, 0.15) is 91.7 Å². The normalized spacial score (nSPS) is 16.9. The lowest BCUT2D eigenvalue weighted by Crippen LogP contribution is -2.77. The first-order chi connectivity index (χ1) is 21.7. The van der Waals surface area contributed by atoms with Gasteiger partial charge in [-0.3, -0.25) is 4.79 Å². The van der Waals surface area contributed by atoms with Crippen molar-refractivity contribution in [3.63, 3.8) is 0 Å². The van der Waals surface area contributed by atoms with Gasteiger partial charge in [0.1, 0.15) is 17.2 Å². The molecule has 0 fully saturated rings. The predicted molar refractivity (Wildman–Crippen MR) is 191 cm³/mol. The smallest absolute Gasteiger partial charge is 0.203 e. The summed E-state index contributed by atoms with van der Waals surface area (Å²) in [6.45, 7) is 16.5. The third kappa shape index (κ3) is 9.83. The van der Waals surface area contributed by atoms with Gasteiger partial charge in [0, 0.05) is 53.6 Å². The molecule has 0 amide bonds. The predicted octanol–water partition coefficient (Wildman–Crippen LogP) is 7.40. The van der Waals surface area contributed by atoms with Gasteiger partial charge >= 0.3 is 0 Å². The van der Waals surface area contributed by atoms with Crippen molar-refractivity contribution in [2.24, 2.45) is 5.92 Å². The van der Waals surface area contributed by atoms with Gasteiger partial charge in [-0.2, -0.15) is 0 Å². The molecule has 0 aliphatic carbocycles. The molecule has 252 valence electrons. The maximum atomic E-state index is 12.1. The Labute approximate surface area is 281 Å². The summed E-state index contributed by atoms with van der Waals surface area (Å²) >= 11 is -3.43. The lowest BCUT2D eigenvalue weighted by molar-refractivity contribution is -0.568. The van der Waals surface area contributed by atoms with Crippen LogP contribution in [0.5, 0.6) is 5.75 Å². The Kier molecular flexibility index (Phi) is 13.7. The van der Waals surface area contributed by atoms with Gasteiger partial charge in [0.2, 0.25) is 11.1 Å². The monoisotopic (exact) mass is 669 g/mol. The molecule has 2 unspecified atom stereocenters. The second-order valence-corrected chi connectivity index (χ2v) is 15.4. The maximum Gasteiger partial charge on any atom is 0.203 e. The van der Waals surface area contributed by atoms with Crippen LogP contribution >= 0.6 is 0 Å². The molecule has 1 heterocycles. The highest BCUT2D eigenvalue weighted by molar-refractivity contribution is 7.79. The molecule has 2 aromatic carbocycles. The first-order valence-electron chi connectivity index (χ1n) is 16.3. The van der Waals surface area contributed by atoms with Crippen LogP contribution in [0.2, 0.25) is 0 Å². The summed E-state index contributed by atoms with van der Waals surface area (Å²) in [4.78, 5) is 14.8. The molecule has 2 atom stereocenters. The summed E-state index contributed by atoms with van der Waals surface area (Å²) in [6.07, 6.45) is 16.3. The van der Waals surface area contributed by atoms with Crippen molar-refractivity contribution in [1.29, 1.82) is 0 Å². The van der Waals surface area contributed by atoms with Crippen molar-refractivity contribution in [3.8, 4) is 5.75 Å². The molecule has 1 aliphatic heterocycles. The topological polar surface area (TPSA) is 101 Å². The van der Waals surface area contributed by atoms with E-state index in [0.29, 0.717) is 22.8 Å². The average molecular weight is 670 g/mol. The zero-order chi connectivity index (χ0) is 34.1. The molecule has 2 aromatic rings. The number of carbonyl (C=O) groups excluding carboxylic acids is 1. The van der Waals surface area contributed by atoms with Crippen LogP contribution in [0.3, 0.4) is 0 Å². The average Bonchev–Trinajstić information content (AvgIpc) is 3.19.